The molecule has 7 heteroatoms. The van der Waals surface area contributed by atoms with Crippen LogP contribution in [0, 0.1) is 19.8 Å². The number of Topliss-reactive ketones (excluding diaryl/α,β-unsaturated/α-hetero) is 1. The Morgan fingerprint density at radius 1 is 1.21 bits per heavy atom. The molecule has 156 valence electrons. The molecule has 0 aliphatic heterocycles. The zero-order valence-electron chi connectivity index (χ0n) is 17.2. The van der Waals surface area contributed by atoms with Gasteiger partial charge in [-0.3, -0.25) is 9.59 Å². The number of ketones is 1. The van der Waals surface area contributed by atoms with Crippen LogP contribution >= 0.6 is 11.3 Å². The smallest absolute Gasteiger partial charge is 0.354 e. The van der Waals surface area contributed by atoms with Crippen molar-refractivity contribution in [3.05, 3.63) is 44.9 Å². The second kappa shape index (κ2) is 9.39. The number of hydrogen-bond acceptors (Lipinski definition) is 5. The van der Waals surface area contributed by atoms with Gasteiger partial charge >= 0.3 is 5.97 Å². The van der Waals surface area contributed by atoms with E-state index in [0.717, 1.165) is 12.8 Å². The standard InChI is InChI=1S/C22H28N2O4S/c1-14-19(15(2)23-20(14)22(27)28-3)17(25)13-24(12-16-8-5-4-6-9-16)21(26)18-10-7-11-29-18/h7,10-11,16,23H,4-6,8-9,12-13H2,1-3H3. The van der Waals surface area contributed by atoms with Crippen LogP contribution in [0.2, 0.25) is 0 Å². The first-order chi connectivity index (χ1) is 13.9. The number of rotatable bonds is 7. The highest BCUT2D eigenvalue weighted by Crippen LogP contribution is 2.26. The van der Waals surface area contributed by atoms with Crippen molar-refractivity contribution in [2.24, 2.45) is 5.92 Å². The molecule has 6 nitrogen and oxygen atoms in total. The molecule has 0 saturated heterocycles. The monoisotopic (exact) mass is 416 g/mol. The van der Waals surface area contributed by atoms with Crippen molar-refractivity contribution >= 4 is 29.0 Å². The fourth-order valence-electron chi connectivity index (χ4n) is 4.18. The maximum Gasteiger partial charge on any atom is 0.354 e. The fraction of sp³-hybridized carbons (Fsp3) is 0.500. The zero-order valence-corrected chi connectivity index (χ0v) is 18.1. The summed E-state index contributed by atoms with van der Waals surface area (Å²) in [5.74, 6) is -0.331. The first kappa shape index (κ1) is 21.3. The van der Waals surface area contributed by atoms with Crippen LogP contribution in [0.5, 0.6) is 0 Å². The van der Waals surface area contributed by atoms with Gasteiger partial charge in [-0.25, -0.2) is 4.79 Å². The molecule has 0 spiro atoms. The molecular weight excluding hydrogens is 388 g/mol. The van der Waals surface area contributed by atoms with Gasteiger partial charge in [0.2, 0.25) is 0 Å². The Morgan fingerprint density at radius 3 is 2.55 bits per heavy atom. The van der Waals surface area contributed by atoms with E-state index >= 15 is 0 Å². The number of carbonyl (C=O) groups is 3. The summed E-state index contributed by atoms with van der Waals surface area (Å²) in [6.07, 6.45) is 5.79. The molecule has 1 saturated carbocycles. The number of methoxy groups -OCH3 is 1. The van der Waals surface area contributed by atoms with E-state index in [2.05, 4.69) is 4.98 Å². The number of ether oxygens (including phenoxy) is 1. The van der Waals surface area contributed by atoms with Gasteiger partial charge in [0, 0.05) is 17.8 Å². The average Bonchev–Trinajstić information content (AvgIpc) is 3.35. The highest BCUT2D eigenvalue weighted by Gasteiger charge is 2.28. The molecule has 0 unspecified atom stereocenters. The van der Waals surface area contributed by atoms with Crippen LogP contribution in [0.4, 0.5) is 0 Å². The molecule has 2 heterocycles. The SMILES string of the molecule is COC(=O)c1[nH]c(C)c(C(=O)CN(CC2CCCCC2)C(=O)c2cccs2)c1C. The quantitative estimate of drug-likeness (QED) is 0.536. The van der Waals surface area contributed by atoms with Crippen molar-refractivity contribution in [1.29, 1.82) is 0 Å². The van der Waals surface area contributed by atoms with Crippen molar-refractivity contribution in [3.8, 4) is 0 Å². The Bertz CT molecular complexity index is 879. The molecule has 1 N–H and O–H groups in total. The minimum Gasteiger partial charge on any atom is -0.464 e. The van der Waals surface area contributed by atoms with Crippen LogP contribution in [-0.4, -0.2) is 47.7 Å². The molecule has 1 fully saturated rings. The van der Waals surface area contributed by atoms with Gasteiger partial charge in [0.1, 0.15) is 5.69 Å². The van der Waals surface area contributed by atoms with Crippen LogP contribution in [0.3, 0.4) is 0 Å². The lowest BCUT2D eigenvalue weighted by Crippen LogP contribution is -2.39. The highest BCUT2D eigenvalue weighted by molar-refractivity contribution is 7.12. The Hall–Kier alpha value is -2.41. The van der Waals surface area contributed by atoms with E-state index < -0.39 is 5.97 Å². The average molecular weight is 417 g/mol. The number of H-pyrrole nitrogens is 1. The largest absolute Gasteiger partial charge is 0.464 e. The summed E-state index contributed by atoms with van der Waals surface area (Å²) in [7, 11) is 1.31. The van der Waals surface area contributed by atoms with Gasteiger partial charge in [-0.05, 0) is 49.6 Å². The number of hydrogen-bond donors (Lipinski definition) is 1. The van der Waals surface area contributed by atoms with Crippen molar-refractivity contribution in [1.82, 2.24) is 9.88 Å². The minimum absolute atomic E-state index is 0.00732. The van der Waals surface area contributed by atoms with E-state index in [1.54, 1.807) is 24.8 Å². The van der Waals surface area contributed by atoms with E-state index in [0.29, 0.717) is 34.2 Å². The van der Waals surface area contributed by atoms with Crippen LogP contribution in [0.15, 0.2) is 17.5 Å². The van der Waals surface area contributed by atoms with Gasteiger partial charge in [0.15, 0.2) is 5.78 Å². The Balaban J connectivity index is 1.83. The van der Waals surface area contributed by atoms with Gasteiger partial charge in [0.05, 0.1) is 18.5 Å². The summed E-state index contributed by atoms with van der Waals surface area (Å²) < 4.78 is 4.79. The van der Waals surface area contributed by atoms with Gasteiger partial charge in [-0.2, -0.15) is 0 Å². The summed E-state index contributed by atoms with van der Waals surface area (Å²) >= 11 is 1.39. The zero-order chi connectivity index (χ0) is 21.0. The van der Waals surface area contributed by atoms with Crippen LogP contribution in [0.25, 0.3) is 0 Å². The minimum atomic E-state index is -0.502. The fourth-order valence-corrected chi connectivity index (χ4v) is 4.87. The van der Waals surface area contributed by atoms with Crippen molar-refractivity contribution in [3.63, 3.8) is 0 Å². The van der Waals surface area contributed by atoms with Gasteiger partial charge < -0.3 is 14.6 Å². The maximum absolute atomic E-state index is 13.2. The summed E-state index contributed by atoms with van der Waals surface area (Å²) in [5.41, 5.74) is 1.95. The normalized spacial score (nSPS) is 14.6. The number of amides is 1. The molecule has 3 rings (SSSR count). The lowest BCUT2D eigenvalue weighted by atomic mass is 9.88. The van der Waals surface area contributed by atoms with E-state index in [-0.39, 0.29) is 23.9 Å². The predicted molar refractivity (Wildman–Crippen MR) is 113 cm³/mol. The summed E-state index contributed by atoms with van der Waals surface area (Å²) in [4.78, 5) is 43.5. The number of thiophene rings is 1. The predicted octanol–water partition coefficient (Wildman–Crippen LogP) is 4.39. The van der Waals surface area contributed by atoms with Gasteiger partial charge in [-0.1, -0.05) is 25.3 Å². The van der Waals surface area contributed by atoms with Crippen molar-refractivity contribution in [2.45, 2.75) is 46.0 Å². The van der Waals surface area contributed by atoms with Crippen LogP contribution in [-0.2, 0) is 4.74 Å². The molecule has 0 aromatic carbocycles. The number of aryl methyl sites for hydroxylation is 1. The van der Waals surface area contributed by atoms with Gasteiger partial charge in [-0.15, -0.1) is 11.3 Å². The van der Waals surface area contributed by atoms with Crippen molar-refractivity contribution < 1.29 is 19.1 Å². The number of nitrogens with zero attached hydrogens (tertiary/aromatic N) is 1. The first-order valence-corrected chi connectivity index (χ1v) is 10.9. The summed E-state index contributed by atoms with van der Waals surface area (Å²) in [6.45, 7) is 4.09. The molecule has 0 atom stereocenters. The number of aromatic nitrogens is 1. The molecule has 1 aliphatic carbocycles. The Labute approximate surface area is 175 Å². The highest BCUT2D eigenvalue weighted by atomic mass is 32.1. The van der Waals surface area contributed by atoms with E-state index in [1.807, 2.05) is 11.4 Å². The van der Waals surface area contributed by atoms with Crippen molar-refractivity contribution in [2.75, 3.05) is 20.2 Å². The lowest BCUT2D eigenvalue weighted by molar-refractivity contribution is 0.0593. The maximum atomic E-state index is 13.2. The lowest BCUT2D eigenvalue weighted by Gasteiger charge is -2.29. The van der Waals surface area contributed by atoms with E-state index in [1.165, 1.54) is 37.7 Å². The third-order valence-corrected chi connectivity index (χ3v) is 6.52. The molecule has 2 aromatic rings. The number of nitrogens with one attached hydrogen (secondary N) is 1. The van der Waals surface area contributed by atoms with E-state index in [9.17, 15) is 14.4 Å². The third-order valence-electron chi connectivity index (χ3n) is 5.66. The molecule has 0 bridgehead atoms. The molecule has 1 aliphatic rings. The van der Waals surface area contributed by atoms with Crippen LogP contribution in [0.1, 0.15) is 73.9 Å². The Kier molecular flexibility index (Phi) is 6.90. The molecular formula is C22H28N2O4S. The molecule has 29 heavy (non-hydrogen) atoms. The number of carbonyl (C=O) groups excluding carboxylic acids is 3. The second-order valence-electron chi connectivity index (χ2n) is 7.71. The Morgan fingerprint density at radius 2 is 1.93 bits per heavy atom. The van der Waals surface area contributed by atoms with Gasteiger partial charge in [0.25, 0.3) is 5.91 Å². The molecule has 1 amide bonds. The van der Waals surface area contributed by atoms with Crippen LogP contribution < -0.4 is 0 Å². The summed E-state index contributed by atoms with van der Waals surface area (Å²) in [6, 6.07) is 3.65. The molecule has 2 aromatic heterocycles. The third kappa shape index (κ3) is 4.78. The second-order valence-corrected chi connectivity index (χ2v) is 8.65. The first-order valence-electron chi connectivity index (χ1n) is 10.1. The number of esters is 1. The summed E-state index contributed by atoms with van der Waals surface area (Å²) in [5, 5.41) is 1.87. The van der Waals surface area contributed by atoms with E-state index in [4.69, 9.17) is 4.74 Å². The number of aromatic amines is 1. The topological polar surface area (TPSA) is 79.5 Å². The molecule has 0 radical (unpaired) electrons.